The number of benzene rings is 2. The van der Waals surface area contributed by atoms with Crippen molar-refractivity contribution in [2.45, 2.75) is 18.0 Å². The molecule has 0 atom stereocenters. The maximum atomic E-state index is 11.3. The second-order valence-electron chi connectivity index (χ2n) is 6.87. The number of nitrogens with zero attached hydrogens (tertiary/aromatic N) is 2. The molecule has 2 aromatic heterocycles. The molecule has 0 aliphatic carbocycles. The lowest BCUT2D eigenvalue weighted by Gasteiger charge is -2.08. The van der Waals surface area contributed by atoms with Crippen LogP contribution in [0.4, 0.5) is 0 Å². The van der Waals surface area contributed by atoms with Gasteiger partial charge in [-0.15, -0.1) is 11.8 Å². The lowest BCUT2D eigenvalue weighted by Crippen LogP contribution is -2.10. The highest BCUT2D eigenvalue weighted by Crippen LogP contribution is 2.39. The van der Waals surface area contributed by atoms with Crippen LogP contribution in [0.1, 0.15) is 11.4 Å². The summed E-state index contributed by atoms with van der Waals surface area (Å²) in [6.07, 6.45) is 4.07. The fourth-order valence-electron chi connectivity index (χ4n) is 3.67. The third-order valence-corrected chi connectivity index (χ3v) is 6.04. The number of thioether (sulfide) groups is 1. The summed E-state index contributed by atoms with van der Waals surface area (Å²) in [7, 11) is 0. The van der Waals surface area contributed by atoms with Gasteiger partial charge in [0.15, 0.2) is 0 Å². The van der Waals surface area contributed by atoms with Gasteiger partial charge in [-0.1, -0.05) is 30.3 Å². The summed E-state index contributed by atoms with van der Waals surface area (Å²) in [5.41, 5.74) is 3.68. The second kappa shape index (κ2) is 7.29. The molecule has 0 radical (unpaired) electrons. The van der Waals surface area contributed by atoms with E-state index in [2.05, 4.69) is 17.1 Å². The Morgan fingerprint density at radius 3 is 2.97 bits per heavy atom. The van der Waals surface area contributed by atoms with Crippen LogP contribution in [0, 0.1) is 0 Å². The van der Waals surface area contributed by atoms with Crippen molar-refractivity contribution in [2.75, 3.05) is 5.75 Å². The molecule has 2 aromatic carbocycles. The Morgan fingerprint density at radius 2 is 2.07 bits per heavy atom. The van der Waals surface area contributed by atoms with Gasteiger partial charge in [-0.2, -0.15) is 0 Å². The molecule has 5 rings (SSSR count). The van der Waals surface area contributed by atoms with Crippen LogP contribution in [0.25, 0.3) is 27.9 Å². The Kier molecular flexibility index (Phi) is 4.48. The lowest BCUT2D eigenvalue weighted by atomic mass is 10.2. The first kappa shape index (κ1) is 17.8. The third kappa shape index (κ3) is 3.36. The fraction of sp³-hybridized carbons (Fsp3) is 0.130. The molecule has 29 heavy (non-hydrogen) atoms. The maximum absolute atomic E-state index is 11.3. The summed E-state index contributed by atoms with van der Waals surface area (Å²) in [6.45, 7) is 0.319. The van der Waals surface area contributed by atoms with Gasteiger partial charge in [-0.05, 0) is 36.4 Å². The summed E-state index contributed by atoms with van der Waals surface area (Å²) in [4.78, 5) is 17.1. The molecule has 1 N–H and O–H groups in total. The predicted octanol–water partition coefficient (Wildman–Crippen LogP) is 4.97. The number of carboxylic acids is 1. The Hall–Kier alpha value is -3.25. The average Bonchev–Trinajstić information content (AvgIpc) is 3.05. The quantitative estimate of drug-likeness (QED) is 0.510. The number of pyridine rings is 1. The van der Waals surface area contributed by atoms with Crippen LogP contribution >= 0.6 is 11.8 Å². The van der Waals surface area contributed by atoms with E-state index in [1.165, 1.54) is 0 Å². The summed E-state index contributed by atoms with van der Waals surface area (Å²) < 4.78 is 7.87. The van der Waals surface area contributed by atoms with Crippen LogP contribution in [0.15, 0.2) is 65.6 Å². The third-order valence-electron chi connectivity index (χ3n) is 4.96. The van der Waals surface area contributed by atoms with E-state index in [0.29, 0.717) is 6.61 Å². The standard InChI is InChI=1S/C23H18N2O3S/c26-22(27)13-25-20-10-9-17(12-18(20)23-21(25)6-3-11-29-23)28-14-16-8-7-15-4-1-2-5-19(15)24-16/h1-10,12H,11,13-14H2,(H,26,27). The van der Waals surface area contributed by atoms with E-state index >= 15 is 0 Å². The molecule has 0 bridgehead atoms. The normalized spacial score (nSPS) is 13.0. The van der Waals surface area contributed by atoms with E-state index in [1.807, 2.05) is 59.2 Å². The van der Waals surface area contributed by atoms with Crippen molar-refractivity contribution >= 4 is 45.6 Å². The molecule has 0 saturated carbocycles. The lowest BCUT2D eigenvalue weighted by molar-refractivity contribution is -0.137. The van der Waals surface area contributed by atoms with Crippen LogP contribution in [-0.4, -0.2) is 26.4 Å². The zero-order valence-electron chi connectivity index (χ0n) is 15.5. The van der Waals surface area contributed by atoms with Crippen molar-refractivity contribution in [2.24, 2.45) is 0 Å². The van der Waals surface area contributed by atoms with Gasteiger partial charge in [-0.3, -0.25) is 4.79 Å². The van der Waals surface area contributed by atoms with E-state index in [0.717, 1.165) is 49.6 Å². The predicted molar refractivity (Wildman–Crippen MR) is 115 cm³/mol. The van der Waals surface area contributed by atoms with Crippen molar-refractivity contribution in [3.05, 3.63) is 72.1 Å². The van der Waals surface area contributed by atoms with Crippen molar-refractivity contribution in [1.29, 1.82) is 0 Å². The summed E-state index contributed by atoms with van der Waals surface area (Å²) >= 11 is 1.72. The number of hydrogen-bond acceptors (Lipinski definition) is 4. The Bertz CT molecular complexity index is 1280. The number of fused-ring (bicyclic) bond motifs is 4. The van der Waals surface area contributed by atoms with Crippen molar-refractivity contribution in [3.8, 4) is 5.75 Å². The van der Waals surface area contributed by atoms with Gasteiger partial charge in [0.25, 0.3) is 0 Å². The fourth-order valence-corrected chi connectivity index (χ4v) is 4.68. The van der Waals surface area contributed by atoms with Gasteiger partial charge < -0.3 is 14.4 Å². The van der Waals surface area contributed by atoms with Crippen molar-refractivity contribution in [3.63, 3.8) is 0 Å². The molecule has 1 aliphatic rings. The highest BCUT2D eigenvalue weighted by Gasteiger charge is 2.19. The minimum absolute atomic E-state index is 0.0576. The average molecular weight is 402 g/mol. The molecular weight excluding hydrogens is 384 g/mol. The topological polar surface area (TPSA) is 64.3 Å². The first-order valence-corrected chi connectivity index (χ1v) is 10.3. The Labute approximate surface area is 171 Å². The zero-order chi connectivity index (χ0) is 19.8. The van der Waals surface area contributed by atoms with Gasteiger partial charge in [0.2, 0.25) is 0 Å². The van der Waals surface area contributed by atoms with Crippen LogP contribution in [0.3, 0.4) is 0 Å². The van der Waals surface area contributed by atoms with E-state index in [4.69, 9.17) is 4.74 Å². The smallest absolute Gasteiger partial charge is 0.323 e. The van der Waals surface area contributed by atoms with E-state index in [-0.39, 0.29) is 6.54 Å². The summed E-state index contributed by atoms with van der Waals surface area (Å²) in [5, 5.41) is 11.4. The molecule has 0 fully saturated rings. The molecule has 0 unspecified atom stereocenters. The number of aromatic nitrogens is 2. The monoisotopic (exact) mass is 402 g/mol. The van der Waals surface area contributed by atoms with Crippen LogP contribution < -0.4 is 4.74 Å². The van der Waals surface area contributed by atoms with Crippen molar-refractivity contribution < 1.29 is 14.6 Å². The van der Waals surface area contributed by atoms with Gasteiger partial charge in [0, 0.05) is 21.4 Å². The number of aliphatic carboxylic acids is 1. The van der Waals surface area contributed by atoms with Gasteiger partial charge in [0.1, 0.15) is 18.9 Å². The SMILES string of the molecule is O=C(O)Cn1c2c(c3cc(OCc4ccc5ccccc5n4)ccc31)SCC=C2. The maximum Gasteiger partial charge on any atom is 0.323 e. The first-order chi connectivity index (χ1) is 14.2. The highest BCUT2D eigenvalue weighted by molar-refractivity contribution is 7.99. The Balaban J connectivity index is 1.46. The summed E-state index contributed by atoms with van der Waals surface area (Å²) in [5.74, 6) is 0.778. The molecule has 6 heteroatoms. The minimum Gasteiger partial charge on any atom is -0.487 e. The molecule has 3 heterocycles. The number of carboxylic acid groups (broad SMARTS) is 1. The minimum atomic E-state index is -0.851. The van der Waals surface area contributed by atoms with E-state index < -0.39 is 5.97 Å². The van der Waals surface area contributed by atoms with Crippen molar-refractivity contribution in [1.82, 2.24) is 9.55 Å². The zero-order valence-corrected chi connectivity index (χ0v) is 16.4. The van der Waals surface area contributed by atoms with E-state index in [9.17, 15) is 9.90 Å². The molecule has 4 aromatic rings. The molecule has 144 valence electrons. The van der Waals surface area contributed by atoms with Crippen LogP contribution in [-0.2, 0) is 17.9 Å². The summed E-state index contributed by atoms with van der Waals surface area (Å²) in [6, 6.07) is 17.9. The first-order valence-electron chi connectivity index (χ1n) is 9.34. The number of hydrogen-bond donors (Lipinski definition) is 1. The number of ether oxygens (including phenoxy) is 1. The molecule has 0 amide bonds. The molecule has 5 nitrogen and oxygen atoms in total. The van der Waals surface area contributed by atoms with Crippen LogP contribution in [0.5, 0.6) is 5.75 Å². The van der Waals surface area contributed by atoms with E-state index in [1.54, 1.807) is 11.8 Å². The van der Waals surface area contributed by atoms with Gasteiger partial charge in [-0.25, -0.2) is 4.98 Å². The number of rotatable bonds is 5. The van der Waals surface area contributed by atoms with Gasteiger partial charge in [0.05, 0.1) is 22.4 Å². The second-order valence-corrected chi connectivity index (χ2v) is 7.90. The van der Waals surface area contributed by atoms with Gasteiger partial charge >= 0.3 is 5.97 Å². The van der Waals surface area contributed by atoms with Crippen LogP contribution in [0.2, 0.25) is 0 Å². The Morgan fingerprint density at radius 1 is 1.17 bits per heavy atom. The number of carbonyl (C=O) groups is 1. The molecule has 0 saturated heterocycles. The molecule has 1 aliphatic heterocycles. The molecular formula is C23H18N2O3S. The largest absolute Gasteiger partial charge is 0.487 e. The molecule has 0 spiro atoms. The highest BCUT2D eigenvalue weighted by atomic mass is 32.2. The number of para-hydroxylation sites is 1.